The van der Waals surface area contributed by atoms with Crippen molar-refractivity contribution >= 4 is 18.3 Å². The van der Waals surface area contributed by atoms with Crippen LogP contribution in [0.15, 0.2) is 36.4 Å². The van der Waals surface area contributed by atoms with Gasteiger partial charge in [0, 0.05) is 24.2 Å². The molecule has 0 unspecified atom stereocenters. The highest BCUT2D eigenvalue weighted by Crippen LogP contribution is 2.33. The van der Waals surface area contributed by atoms with Crippen LogP contribution >= 0.6 is 12.4 Å². The summed E-state index contributed by atoms with van der Waals surface area (Å²) in [6.45, 7) is 0.203. The zero-order valence-corrected chi connectivity index (χ0v) is 16.0. The van der Waals surface area contributed by atoms with Crippen molar-refractivity contribution in [1.29, 1.82) is 0 Å². The van der Waals surface area contributed by atoms with Gasteiger partial charge in [-0.1, -0.05) is 12.8 Å². The molecule has 0 heterocycles. The van der Waals surface area contributed by atoms with Crippen molar-refractivity contribution in [1.82, 2.24) is 5.32 Å². The van der Waals surface area contributed by atoms with Gasteiger partial charge in [-0.25, -0.2) is 4.39 Å². The van der Waals surface area contributed by atoms with E-state index in [9.17, 15) is 9.18 Å². The summed E-state index contributed by atoms with van der Waals surface area (Å²) in [5.74, 6) is 0.529. The van der Waals surface area contributed by atoms with E-state index in [0.717, 1.165) is 25.7 Å². The molecular formula is C20H24ClFN2O3. The molecule has 1 aliphatic carbocycles. The molecule has 1 saturated carbocycles. The van der Waals surface area contributed by atoms with Crippen LogP contribution in [-0.4, -0.2) is 19.1 Å². The minimum absolute atomic E-state index is 0. The molecule has 0 atom stereocenters. The Kier molecular flexibility index (Phi) is 7.45. The highest BCUT2D eigenvalue weighted by atomic mass is 35.5. The third-order valence-corrected chi connectivity index (χ3v) is 4.51. The molecule has 146 valence electrons. The van der Waals surface area contributed by atoms with Crippen molar-refractivity contribution in [2.75, 3.05) is 7.11 Å². The lowest BCUT2D eigenvalue weighted by atomic mass is 10.1. The Morgan fingerprint density at radius 2 is 1.93 bits per heavy atom. The second kappa shape index (κ2) is 9.58. The molecule has 2 aromatic carbocycles. The largest absolute Gasteiger partial charge is 0.493 e. The molecule has 2 aromatic rings. The maximum atomic E-state index is 13.7. The molecule has 0 spiro atoms. The van der Waals surface area contributed by atoms with Gasteiger partial charge in [-0.15, -0.1) is 12.4 Å². The van der Waals surface area contributed by atoms with E-state index in [1.54, 1.807) is 24.3 Å². The van der Waals surface area contributed by atoms with Crippen molar-refractivity contribution in [2.24, 2.45) is 5.73 Å². The summed E-state index contributed by atoms with van der Waals surface area (Å²) in [6, 6.07) is 9.47. The number of nitrogens with one attached hydrogen (secondary N) is 1. The smallest absolute Gasteiger partial charge is 0.251 e. The average Bonchev–Trinajstić information content (AvgIpc) is 3.14. The molecule has 7 heteroatoms. The zero-order valence-electron chi connectivity index (χ0n) is 15.2. The number of carbonyl (C=O) groups excluding carboxylic acids is 1. The number of amides is 1. The first-order valence-electron chi connectivity index (χ1n) is 8.75. The zero-order chi connectivity index (χ0) is 18.5. The van der Waals surface area contributed by atoms with Gasteiger partial charge in [-0.05, 0) is 48.7 Å². The molecule has 0 bridgehead atoms. The van der Waals surface area contributed by atoms with Gasteiger partial charge in [0.25, 0.3) is 5.91 Å². The Morgan fingerprint density at radius 3 is 2.59 bits per heavy atom. The van der Waals surface area contributed by atoms with E-state index >= 15 is 0 Å². The summed E-state index contributed by atoms with van der Waals surface area (Å²) in [6.07, 6.45) is 4.31. The van der Waals surface area contributed by atoms with Crippen LogP contribution in [0.25, 0.3) is 0 Å². The molecule has 1 fully saturated rings. The van der Waals surface area contributed by atoms with E-state index in [1.807, 2.05) is 0 Å². The lowest BCUT2D eigenvalue weighted by Gasteiger charge is -2.15. The first-order chi connectivity index (χ1) is 12.6. The Labute approximate surface area is 164 Å². The van der Waals surface area contributed by atoms with Crippen LogP contribution in [0, 0.1) is 5.82 Å². The minimum atomic E-state index is -0.433. The highest BCUT2D eigenvalue weighted by molar-refractivity contribution is 5.95. The predicted octanol–water partition coefficient (Wildman–Crippen LogP) is 4.18. The third kappa shape index (κ3) is 5.34. The molecule has 27 heavy (non-hydrogen) atoms. The van der Waals surface area contributed by atoms with Crippen LogP contribution in [0.4, 0.5) is 4.39 Å². The maximum absolute atomic E-state index is 13.7. The van der Waals surface area contributed by atoms with Crippen LogP contribution in [0.3, 0.4) is 0 Å². The molecule has 1 amide bonds. The maximum Gasteiger partial charge on any atom is 0.251 e. The molecule has 3 N–H and O–H groups in total. The number of methoxy groups -OCH3 is 1. The van der Waals surface area contributed by atoms with E-state index in [0.29, 0.717) is 28.4 Å². The number of hydrogen-bond acceptors (Lipinski definition) is 4. The van der Waals surface area contributed by atoms with Gasteiger partial charge in [-0.3, -0.25) is 4.79 Å². The highest BCUT2D eigenvalue weighted by Gasteiger charge is 2.19. The number of carbonyl (C=O) groups is 1. The Hall–Kier alpha value is -2.31. The molecule has 5 nitrogen and oxygen atoms in total. The summed E-state index contributed by atoms with van der Waals surface area (Å²) >= 11 is 0. The summed E-state index contributed by atoms with van der Waals surface area (Å²) in [4.78, 5) is 12.5. The van der Waals surface area contributed by atoms with E-state index in [1.165, 1.54) is 19.2 Å². The van der Waals surface area contributed by atoms with Crippen molar-refractivity contribution in [3.63, 3.8) is 0 Å². The number of ether oxygens (including phenoxy) is 2. The average molecular weight is 395 g/mol. The molecule has 0 aromatic heterocycles. The van der Waals surface area contributed by atoms with E-state index in [-0.39, 0.29) is 30.9 Å². The fourth-order valence-electron chi connectivity index (χ4n) is 3.16. The quantitative estimate of drug-likeness (QED) is 0.770. The SMILES string of the molecule is COc1ccc(C(=O)NC2CCCC2)cc1Oc1cc(F)cc(CN)c1.Cl. The summed E-state index contributed by atoms with van der Waals surface area (Å²) in [5.41, 5.74) is 6.67. The monoisotopic (exact) mass is 394 g/mol. The van der Waals surface area contributed by atoms with Crippen LogP contribution in [-0.2, 0) is 6.54 Å². The lowest BCUT2D eigenvalue weighted by molar-refractivity contribution is 0.0937. The molecule has 0 radical (unpaired) electrons. The van der Waals surface area contributed by atoms with Gasteiger partial charge in [0.05, 0.1) is 7.11 Å². The molecule has 1 aliphatic rings. The first-order valence-corrected chi connectivity index (χ1v) is 8.75. The normalized spacial score (nSPS) is 13.7. The van der Waals surface area contributed by atoms with Gasteiger partial charge in [0.2, 0.25) is 0 Å². The minimum Gasteiger partial charge on any atom is -0.493 e. The first kappa shape index (κ1) is 21.0. The van der Waals surface area contributed by atoms with Crippen molar-refractivity contribution in [2.45, 2.75) is 38.3 Å². The van der Waals surface area contributed by atoms with Crippen LogP contribution in [0.1, 0.15) is 41.6 Å². The van der Waals surface area contributed by atoms with Crippen LogP contribution < -0.4 is 20.5 Å². The second-order valence-electron chi connectivity index (χ2n) is 6.42. The summed E-state index contributed by atoms with van der Waals surface area (Å²) < 4.78 is 24.8. The number of rotatable bonds is 6. The molecular weight excluding hydrogens is 371 g/mol. The van der Waals surface area contributed by atoms with Gasteiger partial charge >= 0.3 is 0 Å². The Balaban J connectivity index is 0.00000261. The van der Waals surface area contributed by atoms with Crippen molar-refractivity contribution < 1.29 is 18.7 Å². The topological polar surface area (TPSA) is 73.6 Å². The van der Waals surface area contributed by atoms with Crippen molar-refractivity contribution in [3.05, 3.63) is 53.3 Å². The molecule has 3 rings (SSSR count). The number of benzene rings is 2. The summed E-state index contributed by atoms with van der Waals surface area (Å²) in [5, 5.41) is 3.04. The van der Waals surface area contributed by atoms with Crippen LogP contribution in [0.5, 0.6) is 17.2 Å². The van der Waals surface area contributed by atoms with Crippen molar-refractivity contribution in [3.8, 4) is 17.2 Å². The van der Waals surface area contributed by atoms with Gasteiger partial charge < -0.3 is 20.5 Å². The Morgan fingerprint density at radius 1 is 1.19 bits per heavy atom. The van der Waals surface area contributed by atoms with Gasteiger partial charge in [0.1, 0.15) is 11.6 Å². The van der Waals surface area contributed by atoms with Gasteiger partial charge in [0.15, 0.2) is 11.5 Å². The number of halogens is 2. The van der Waals surface area contributed by atoms with E-state index in [4.69, 9.17) is 15.2 Å². The fraction of sp³-hybridized carbons (Fsp3) is 0.350. The van der Waals surface area contributed by atoms with Gasteiger partial charge in [-0.2, -0.15) is 0 Å². The molecule has 0 saturated heterocycles. The lowest BCUT2D eigenvalue weighted by Crippen LogP contribution is -2.32. The number of hydrogen-bond donors (Lipinski definition) is 2. The third-order valence-electron chi connectivity index (χ3n) is 4.51. The predicted molar refractivity (Wildman–Crippen MR) is 104 cm³/mol. The summed E-state index contributed by atoms with van der Waals surface area (Å²) in [7, 11) is 1.51. The van der Waals surface area contributed by atoms with Crippen LogP contribution in [0.2, 0.25) is 0 Å². The standard InChI is InChI=1S/C20H23FN2O3.ClH/c1-25-18-7-6-14(20(24)23-16-4-2-3-5-16)10-19(18)26-17-9-13(12-22)8-15(21)11-17;/h6-11,16H,2-5,12,22H2,1H3,(H,23,24);1H. The second-order valence-corrected chi connectivity index (χ2v) is 6.42. The van der Waals surface area contributed by atoms with E-state index in [2.05, 4.69) is 5.32 Å². The van der Waals surface area contributed by atoms with E-state index < -0.39 is 5.82 Å². The number of nitrogens with two attached hydrogens (primary N) is 1. The Bertz CT molecular complexity index is 795. The fourth-order valence-corrected chi connectivity index (χ4v) is 3.16. The molecule has 0 aliphatic heterocycles.